The van der Waals surface area contributed by atoms with Gasteiger partial charge in [0.25, 0.3) is 5.91 Å². The molecule has 30 heavy (non-hydrogen) atoms. The number of halogens is 1. The molecule has 0 aliphatic carbocycles. The quantitative estimate of drug-likeness (QED) is 0.581. The van der Waals surface area contributed by atoms with E-state index in [1.54, 1.807) is 29.2 Å². The van der Waals surface area contributed by atoms with Crippen LogP contribution in [0.5, 0.6) is 0 Å². The van der Waals surface area contributed by atoms with Crippen LogP contribution >= 0.6 is 15.9 Å². The van der Waals surface area contributed by atoms with Gasteiger partial charge < -0.3 is 4.90 Å². The number of hydrogen-bond donors (Lipinski definition) is 1. The van der Waals surface area contributed by atoms with E-state index in [0.29, 0.717) is 12.1 Å². The van der Waals surface area contributed by atoms with Crippen molar-refractivity contribution in [3.63, 3.8) is 0 Å². The number of benzene rings is 3. The highest BCUT2D eigenvalue weighted by molar-refractivity contribution is 9.10. The molecule has 1 amide bonds. The monoisotopic (exact) mass is 484 g/mol. The van der Waals surface area contributed by atoms with Gasteiger partial charge in [-0.3, -0.25) is 4.79 Å². The average molecular weight is 485 g/mol. The number of carbonyl (C=O) groups excluding carboxylic acids is 1. The fraction of sp³-hybridized carbons (Fsp3) is 0.174. The first-order valence-electron chi connectivity index (χ1n) is 9.60. The van der Waals surface area contributed by atoms with Gasteiger partial charge in [0, 0.05) is 28.8 Å². The lowest BCUT2D eigenvalue weighted by molar-refractivity contribution is 0.0989. The van der Waals surface area contributed by atoms with E-state index < -0.39 is 10.0 Å². The lowest BCUT2D eigenvalue weighted by Crippen LogP contribution is -2.29. The Balaban J connectivity index is 1.54. The molecule has 1 aliphatic rings. The number of nitrogens with one attached hydrogen (secondary N) is 1. The van der Waals surface area contributed by atoms with Gasteiger partial charge in [-0.2, -0.15) is 0 Å². The molecule has 0 aromatic heterocycles. The summed E-state index contributed by atoms with van der Waals surface area (Å²) in [6.07, 6.45) is 0.790. The molecule has 0 bridgehead atoms. The Hall–Kier alpha value is -2.48. The maximum absolute atomic E-state index is 13.1. The second-order valence-electron chi connectivity index (χ2n) is 7.26. The molecule has 0 saturated heterocycles. The van der Waals surface area contributed by atoms with Gasteiger partial charge in [0.05, 0.1) is 4.90 Å². The van der Waals surface area contributed by atoms with E-state index in [1.807, 2.05) is 49.4 Å². The van der Waals surface area contributed by atoms with E-state index in [2.05, 4.69) is 20.7 Å². The van der Waals surface area contributed by atoms with Crippen molar-refractivity contribution in [3.8, 4) is 0 Å². The molecule has 0 saturated carbocycles. The highest BCUT2D eigenvalue weighted by Crippen LogP contribution is 2.31. The predicted molar refractivity (Wildman–Crippen MR) is 121 cm³/mol. The number of nitrogens with zero attached hydrogens (tertiary/aromatic N) is 1. The molecule has 0 unspecified atom stereocenters. The first-order chi connectivity index (χ1) is 14.3. The lowest BCUT2D eigenvalue weighted by atomic mass is 10.1. The maximum Gasteiger partial charge on any atom is 0.258 e. The Bertz CT molecular complexity index is 1210. The number of amides is 1. The minimum atomic E-state index is -3.62. The van der Waals surface area contributed by atoms with Crippen LogP contribution in [-0.2, 0) is 23.0 Å². The zero-order valence-electron chi connectivity index (χ0n) is 16.4. The summed E-state index contributed by atoms with van der Waals surface area (Å²) < 4.78 is 28.6. The molecule has 7 heteroatoms. The van der Waals surface area contributed by atoms with Gasteiger partial charge in [0.2, 0.25) is 10.0 Å². The molecule has 0 atom stereocenters. The maximum atomic E-state index is 13.1. The zero-order chi connectivity index (χ0) is 21.3. The van der Waals surface area contributed by atoms with Crippen molar-refractivity contribution in [2.45, 2.75) is 24.8 Å². The Labute approximate surface area is 184 Å². The SMILES string of the molecule is Cc1ccccc1C(=O)N1CCc2ccc(CNS(=O)(=O)c3ccc(Br)cc3)cc21. The van der Waals surface area contributed by atoms with Gasteiger partial charge in [-0.15, -0.1) is 0 Å². The summed E-state index contributed by atoms with van der Waals surface area (Å²) in [5.74, 6) is -0.0283. The standard InChI is InChI=1S/C23H21BrN2O3S/c1-16-4-2-3-5-21(16)23(27)26-13-12-18-7-6-17(14-22(18)26)15-25-30(28,29)20-10-8-19(24)9-11-20/h2-11,14,25H,12-13,15H2,1H3. The zero-order valence-corrected chi connectivity index (χ0v) is 18.8. The van der Waals surface area contributed by atoms with Crippen LogP contribution in [0.4, 0.5) is 5.69 Å². The minimum Gasteiger partial charge on any atom is -0.308 e. The Morgan fingerprint density at radius 1 is 1.07 bits per heavy atom. The fourth-order valence-electron chi connectivity index (χ4n) is 3.58. The molecule has 3 aromatic carbocycles. The smallest absolute Gasteiger partial charge is 0.258 e. The Morgan fingerprint density at radius 2 is 1.80 bits per heavy atom. The van der Waals surface area contributed by atoms with Gasteiger partial charge in [-0.25, -0.2) is 13.1 Å². The normalized spacial score (nSPS) is 13.3. The van der Waals surface area contributed by atoms with E-state index in [9.17, 15) is 13.2 Å². The topological polar surface area (TPSA) is 66.5 Å². The predicted octanol–water partition coefficient (Wildman–Crippen LogP) is 4.44. The molecule has 154 valence electrons. The summed E-state index contributed by atoms with van der Waals surface area (Å²) >= 11 is 3.31. The summed E-state index contributed by atoms with van der Waals surface area (Å²) in [6, 6.07) is 19.8. The fourth-order valence-corrected chi connectivity index (χ4v) is 4.86. The van der Waals surface area contributed by atoms with Gasteiger partial charge in [0.15, 0.2) is 0 Å². The number of fused-ring (bicyclic) bond motifs is 1. The first-order valence-corrected chi connectivity index (χ1v) is 11.9. The van der Waals surface area contributed by atoms with Crippen LogP contribution in [0.15, 0.2) is 76.1 Å². The number of carbonyl (C=O) groups is 1. The van der Waals surface area contributed by atoms with Crippen LogP contribution in [0.3, 0.4) is 0 Å². The van der Waals surface area contributed by atoms with E-state index >= 15 is 0 Å². The highest BCUT2D eigenvalue weighted by Gasteiger charge is 2.26. The molecule has 0 radical (unpaired) electrons. The lowest BCUT2D eigenvalue weighted by Gasteiger charge is -2.19. The van der Waals surface area contributed by atoms with Crippen molar-refractivity contribution in [3.05, 3.63) is 93.5 Å². The van der Waals surface area contributed by atoms with Crippen molar-refractivity contribution < 1.29 is 13.2 Å². The third-order valence-electron chi connectivity index (χ3n) is 5.26. The molecule has 1 N–H and O–H groups in total. The van der Waals surface area contributed by atoms with Crippen molar-refractivity contribution in [1.82, 2.24) is 4.72 Å². The van der Waals surface area contributed by atoms with Gasteiger partial charge in [0.1, 0.15) is 0 Å². The van der Waals surface area contributed by atoms with Gasteiger partial charge in [-0.1, -0.05) is 46.3 Å². The average Bonchev–Trinajstić information content (AvgIpc) is 3.16. The van der Waals surface area contributed by atoms with E-state index in [0.717, 1.165) is 33.3 Å². The van der Waals surface area contributed by atoms with Crippen LogP contribution in [0.1, 0.15) is 27.0 Å². The number of anilines is 1. The molecule has 1 heterocycles. The molecule has 1 aliphatic heterocycles. The molecular weight excluding hydrogens is 464 g/mol. The number of hydrogen-bond acceptors (Lipinski definition) is 3. The summed E-state index contributed by atoms with van der Waals surface area (Å²) in [5.41, 5.74) is 4.38. The molecule has 3 aromatic rings. The first kappa shape index (κ1) is 20.8. The van der Waals surface area contributed by atoms with Crippen LogP contribution in [0, 0.1) is 6.92 Å². The van der Waals surface area contributed by atoms with E-state index in [-0.39, 0.29) is 17.3 Å². The van der Waals surface area contributed by atoms with Crippen LogP contribution in [-0.4, -0.2) is 20.9 Å². The summed E-state index contributed by atoms with van der Waals surface area (Å²) in [6.45, 7) is 2.70. The van der Waals surface area contributed by atoms with E-state index in [4.69, 9.17) is 0 Å². The largest absolute Gasteiger partial charge is 0.308 e. The van der Waals surface area contributed by atoms with Crippen molar-refractivity contribution in [2.24, 2.45) is 0 Å². The second-order valence-corrected chi connectivity index (χ2v) is 9.95. The third-order valence-corrected chi connectivity index (χ3v) is 7.20. The summed E-state index contributed by atoms with van der Waals surface area (Å²) in [5, 5.41) is 0. The molecule has 0 spiro atoms. The van der Waals surface area contributed by atoms with Crippen molar-refractivity contribution in [1.29, 1.82) is 0 Å². The summed E-state index contributed by atoms with van der Waals surface area (Å²) in [4.78, 5) is 15.1. The Kier molecular flexibility index (Phi) is 5.77. The third kappa shape index (κ3) is 4.19. The van der Waals surface area contributed by atoms with Crippen LogP contribution in [0.2, 0.25) is 0 Å². The highest BCUT2D eigenvalue weighted by atomic mass is 79.9. The molecule has 5 nitrogen and oxygen atoms in total. The van der Waals surface area contributed by atoms with Gasteiger partial charge >= 0.3 is 0 Å². The second kappa shape index (κ2) is 8.34. The molecular formula is C23H21BrN2O3S. The number of rotatable bonds is 5. The molecule has 4 rings (SSSR count). The van der Waals surface area contributed by atoms with Gasteiger partial charge in [-0.05, 0) is 66.4 Å². The molecule has 0 fully saturated rings. The van der Waals surface area contributed by atoms with Crippen LogP contribution < -0.4 is 9.62 Å². The number of sulfonamides is 1. The van der Waals surface area contributed by atoms with E-state index in [1.165, 1.54) is 0 Å². The number of aryl methyl sites for hydroxylation is 1. The van der Waals surface area contributed by atoms with Crippen molar-refractivity contribution in [2.75, 3.05) is 11.4 Å². The Morgan fingerprint density at radius 3 is 2.53 bits per heavy atom. The van der Waals surface area contributed by atoms with Crippen LogP contribution in [0.25, 0.3) is 0 Å². The summed E-state index contributed by atoms with van der Waals surface area (Å²) in [7, 11) is -3.62. The van der Waals surface area contributed by atoms with Crippen molar-refractivity contribution >= 4 is 37.5 Å². The minimum absolute atomic E-state index is 0.0283.